The largest absolute Gasteiger partial charge is 0.338 e. The minimum Gasteiger partial charge on any atom is -0.338 e. The molecule has 2 amide bonds. The molecule has 7 heteroatoms. The number of pyridine rings is 1. The van der Waals surface area contributed by atoms with Crippen molar-refractivity contribution in [2.24, 2.45) is 23.2 Å². The van der Waals surface area contributed by atoms with Crippen molar-refractivity contribution in [1.29, 1.82) is 0 Å². The summed E-state index contributed by atoms with van der Waals surface area (Å²) in [5, 5.41) is 6.10. The van der Waals surface area contributed by atoms with Gasteiger partial charge in [0.25, 0.3) is 5.91 Å². The van der Waals surface area contributed by atoms with Gasteiger partial charge in [0.05, 0.1) is 16.4 Å². The number of benzene rings is 2. The van der Waals surface area contributed by atoms with Gasteiger partial charge in [-0.25, -0.2) is 4.98 Å². The van der Waals surface area contributed by atoms with Crippen molar-refractivity contribution in [2.75, 3.05) is 10.6 Å². The second kappa shape index (κ2) is 8.54. The number of imidazole rings is 1. The Kier molecular flexibility index (Phi) is 5.13. The van der Waals surface area contributed by atoms with E-state index in [9.17, 15) is 9.59 Å². The first-order valence-corrected chi connectivity index (χ1v) is 13.2. The van der Waals surface area contributed by atoms with Crippen LogP contribution < -0.4 is 10.6 Å². The number of hydrogen-bond acceptors (Lipinski definition) is 4. The van der Waals surface area contributed by atoms with Gasteiger partial charge in [0.15, 0.2) is 0 Å². The Morgan fingerprint density at radius 3 is 2.14 bits per heavy atom. The highest BCUT2D eigenvalue weighted by molar-refractivity contribution is 6.06. The van der Waals surface area contributed by atoms with Crippen molar-refractivity contribution in [1.82, 2.24) is 15.0 Å². The van der Waals surface area contributed by atoms with E-state index in [1.807, 2.05) is 30.3 Å². The standard InChI is InChI=1S/C30H29N5O2/c36-28(32-24-7-9-31-10-8-24)22-3-6-25-26(14-22)35-27(34-25)21-1-4-23(5-2-21)33-29(37)30-15-18-11-19(16-30)13-20(12-18)17-30/h1-10,14,18-20H,11-13,15-17H2,(H,33,37)(H,34,35)(H,31,32,36). The SMILES string of the molecule is O=C(Nc1ccncc1)c1ccc2[nH]c(-c3ccc(NC(=O)C45CC6CC(CC(C6)C4)C5)cc3)nc2c1. The molecule has 7 nitrogen and oxygen atoms in total. The summed E-state index contributed by atoms with van der Waals surface area (Å²) in [6.07, 6.45) is 10.4. The molecular weight excluding hydrogens is 462 g/mol. The molecule has 3 N–H and O–H groups in total. The Morgan fingerprint density at radius 1 is 0.811 bits per heavy atom. The molecule has 4 bridgehead atoms. The fourth-order valence-corrected chi connectivity index (χ4v) is 7.29. The summed E-state index contributed by atoms with van der Waals surface area (Å²) in [4.78, 5) is 38.1. The molecule has 4 aliphatic rings. The molecule has 186 valence electrons. The van der Waals surface area contributed by atoms with Crippen molar-refractivity contribution in [2.45, 2.75) is 38.5 Å². The molecule has 0 aliphatic heterocycles. The van der Waals surface area contributed by atoms with Crippen LogP contribution in [0.2, 0.25) is 0 Å². The number of aromatic nitrogens is 3. The number of H-pyrrole nitrogens is 1. The summed E-state index contributed by atoms with van der Waals surface area (Å²) < 4.78 is 0. The lowest BCUT2D eigenvalue weighted by molar-refractivity contribution is -0.140. The maximum absolute atomic E-state index is 13.4. The van der Waals surface area contributed by atoms with E-state index >= 15 is 0 Å². The summed E-state index contributed by atoms with van der Waals surface area (Å²) in [5.41, 5.74) is 4.39. The van der Waals surface area contributed by atoms with Crippen molar-refractivity contribution in [3.05, 3.63) is 72.6 Å². The van der Waals surface area contributed by atoms with Crippen LogP contribution in [0.5, 0.6) is 0 Å². The van der Waals surface area contributed by atoms with Gasteiger partial charge in [-0.2, -0.15) is 0 Å². The number of hydrogen-bond donors (Lipinski definition) is 3. The summed E-state index contributed by atoms with van der Waals surface area (Å²) in [6, 6.07) is 16.8. The van der Waals surface area contributed by atoms with E-state index < -0.39 is 0 Å². The molecule has 0 saturated heterocycles. The van der Waals surface area contributed by atoms with Crippen molar-refractivity contribution >= 4 is 34.2 Å². The third kappa shape index (κ3) is 4.08. The second-order valence-corrected chi connectivity index (χ2v) is 11.2. The molecule has 0 unspecified atom stereocenters. The normalized spacial score (nSPS) is 25.8. The van der Waals surface area contributed by atoms with Gasteiger partial charge in [0.2, 0.25) is 5.91 Å². The van der Waals surface area contributed by atoms with E-state index in [0.29, 0.717) is 11.3 Å². The fraction of sp³-hybridized carbons (Fsp3) is 0.333. The van der Waals surface area contributed by atoms with E-state index in [4.69, 9.17) is 4.98 Å². The number of fused-ring (bicyclic) bond motifs is 1. The Hall–Kier alpha value is -4.00. The van der Waals surface area contributed by atoms with Crippen LogP contribution in [0.25, 0.3) is 22.4 Å². The Balaban J connectivity index is 1.06. The van der Waals surface area contributed by atoms with Gasteiger partial charge >= 0.3 is 0 Å². The van der Waals surface area contributed by atoms with Crippen LogP contribution in [-0.2, 0) is 4.79 Å². The van der Waals surface area contributed by atoms with Crippen LogP contribution in [0.3, 0.4) is 0 Å². The summed E-state index contributed by atoms with van der Waals surface area (Å²) in [6.45, 7) is 0. The van der Waals surface area contributed by atoms with Gasteiger partial charge in [0.1, 0.15) is 5.82 Å². The fourth-order valence-electron chi connectivity index (χ4n) is 7.29. The zero-order chi connectivity index (χ0) is 25.0. The van der Waals surface area contributed by atoms with Crippen LogP contribution >= 0.6 is 0 Å². The van der Waals surface area contributed by atoms with Crippen LogP contribution in [-0.4, -0.2) is 26.8 Å². The molecule has 4 saturated carbocycles. The summed E-state index contributed by atoms with van der Waals surface area (Å²) >= 11 is 0. The molecule has 4 aromatic rings. The Labute approximate surface area is 215 Å². The quantitative estimate of drug-likeness (QED) is 0.317. The van der Waals surface area contributed by atoms with E-state index in [0.717, 1.165) is 65.1 Å². The van der Waals surface area contributed by atoms with Gasteiger partial charge in [-0.3, -0.25) is 14.6 Å². The first-order valence-electron chi connectivity index (χ1n) is 13.2. The predicted molar refractivity (Wildman–Crippen MR) is 143 cm³/mol. The zero-order valence-electron chi connectivity index (χ0n) is 20.5. The van der Waals surface area contributed by atoms with Gasteiger partial charge in [-0.1, -0.05) is 0 Å². The first kappa shape index (κ1) is 22.2. The minimum atomic E-state index is -0.197. The molecule has 0 radical (unpaired) electrons. The molecule has 2 aromatic carbocycles. The first-order chi connectivity index (χ1) is 18.0. The second-order valence-electron chi connectivity index (χ2n) is 11.2. The molecule has 2 heterocycles. The number of carbonyl (C=O) groups is 2. The number of nitrogens with zero attached hydrogens (tertiary/aromatic N) is 2. The van der Waals surface area contributed by atoms with Crippen molar-refractivity contribution in [3.63, 3.8) is 0 Å². The van der Waals surface area contributed by atoms with E-state index in [-0.39, 0.29) is 17.2 Å². The Morgan fingerprint density at radius 2 is 1.46 bits per heavy atom. The third-order valence-electron chi connectivity index (χ3n) is 8.62. The number of carbonyl (C=O) groups excluding carboxylic acids is 2. The summed E-state index contributed by atoms with van der Waals surface area (Å²) in [7, 11) is 0. The van der Waals surface area contributed by atoms with E-state index in [1.54, 1.807) is 36.7 Å². The molecule has 0 spiro atoms. The number of aromatic amines is 1. The number of amides is 2. The molecule has 37 heavy (non-hydrogen) atoms. The lowest BCUT2D eigenvalue weighted by Gasteiger charge is -2.55. The Bertz CT molecular complexity index is 1460. The monoisotopic (exact) mass is 491 g/mol. The van der Waals surface area contributed by atoms with Crippen LogP contribution in [0.4, 0.5) is 11.4 Å². The highest BCUT2D eigenvalue weighted by Crippen LogP contribution is 2.60. The minimum absolute atomic E-state index is 0.159. The van der Waals surface area contributed by atoms with Gasteiger partial charge in [-0.15, -0.1) is 0 Å². The smallest absolute Gasteiger partial charge is 0.255 e. The van der Waals surface area contributed by atoms with Crippen molar-refractivity contribution < 1.29 is 9.59 Å². The lowest BCUT2D eigenvalue weighted by Crippen LogP contribution is -2.51. The number of rotatable bonds is 5. The number of anilines is 2. The predicted octanol–water partition coefficient (Wildman–Crippen LogP) is 6.03. The molecule has 4 aliphatic carbocycles. The van der Waals surface area contributed by atoms with Crippen molar-refractivity contribution in [3.8, 4) is 11.4 Å². The highest BCUT2D eigenvalue weighted by Gasteiger charge is 2.54. The topological polar surface area (TPSA) is 99.8 Å². The number of nitrogens with one attached hydrogen (secondary N) is 3. The molecule has 2 aromatic heterocycles. The van der Waals surface area contributed by atoms with E-state index in [2.05, 4.69) is 20.6 Å². The highest BCUT2D eigenvalue weighted by atomic mass is 16.2. The van der Waals surface area contributed by atoms with Crippen LogP contribution in [0.1, 0.15) is 48.9 Å². The molecular formula is C30H29N5O2. The summed E-state index contributed by atoms with van der Waals surface area (Å²) in [5.74, 6) is 2.97. The zero-order valence-corrected chi connectivity index (χ0v) is 20.5. The van der Waals surface area contributed by atoms with Crippen LogP contribution in [0, 0.1) is 23.2 Å². The van der Waals surface area contributed by atoms with Gasteiger partial charge in [-0.05, 0) is 111 Å². The molecule has 8 rings (SSSR count). The average molecular weight is 492 g/mol. The average Bonchev–Trinajstić information content (AvgIpc) is 3.32. The molecule has 0 atom stereocenters. The lowest BCUT2D eigenvalue weighted by atomic mass is 9.49. The molecule has 4 fully saturated rings. The van der Waals surface area contributed by atoms with Gasteiger partial charge < -0.3 is 15.6 Å². The van der Waals surface area contributed by atoms with Gasteiger partial charge in [0, 0.05) is 34.9 Å². The maximum Gasteiger partial charge on any atom is 0.255 e. The van der Waals surface area contributed by atoms with E-state index in [1.165, 1.54) is 19.3 Å². The third-order valence-corrected chi connectivity index (χ3v) is 8.62. The van der Waals surface area contributed by atoms with Crippen LogP contribution in [0.15, 0.2) is 67.0 Å². The maximum atomic E-state index is 13.4.